The molecule has 0 saturated carbocycles. The summed E-state index contributed by atoms with van der Waals surface area (Å²) in [5, 5.41) is 1.12. The summed E-state index contributed by atoms with van der Waals surface area (Å²) in [6.07, 6.45) is 0.553. The third-order valence-corrected chi connectivity index (χ3v) is 2.96. The molecule has 0 unspecified atom stereocenters. The Morgan fingerprint density at radius 3 is 2.67 bits per heavy atom. The van der Waals surface area contributed by atoms with Crippen LogP contribution in [0.4, 0.5) is 0 Å². The molecule has 0 saturated heterocycles. The smallest absolute Gasteiger partial charge is 0.134 e. The van der Waals surface area contributed by atoms with Gasteiger partial charge in [-0.25, -0.2) is 9.97 Å². The first kappa shape index (κ1) is 13.3. The van der Waals surface area contributed by atoms with E-state index < -0.39 is 0 Å². The fourth-order valence-corrected chi connectivity index (χ4v) is 2.06. The van der Waals surface area contributed by atoms with E-state index >= 15 is 0 Å². The lowest BCUT2D eigenvalue weighted by Crippen LogP contribution is -2.02. The fourth-order valence-electron chi connectivity index (χ4n) is 1.63. The van der Waals surface area contributed by atoms with Gasteiger partial charge in [-0.3, -0.25) is 0 Å². The predicted molar refractivity (Wildman–Crippen MR) is 72.0 cm³/mol. The lowest BCUT2D eigenvalue weighted by atomic mass is 10.1. The van der Waals surface area contributed by atoms with Gasteiger partial charge in [0.15, 0.2) is 0 Å². The van der Waals surface area contributed by atoms with Crippen LogP contribution < -0.4 is 0 Å². The fraction of sp³-hybridized carbons (Fsp3) is 0.231. The van der Waals surface area contributed by atoms with Gasteiger partial charge in [0.1, 0.15) is 11.0 Å². The molecular formula is C13H12Cl2N2O. The van der Waals surface area contributed by atoms with Gasteiger partial charge in [-0.1, -0.05) is 41.4 Å². The van der Waals surface area contributed by atoms with E-state index in [0.717, 1.165) is 11.3 Å². The second kappa shape index (κ2) is 6.14. The highest BCUT2D eigenvalue weighted by molar-refractivity contribution is 6.31. The first-order chi connectivity index (χ1) is 8.69. The molecule has 3 nitrogen and oxygen atoms in total. The molecule has 0 atom stereocenters. The van der Waals surface area contributed by atoms with Gasteiger partial charge in [-0.15, -0.1) is 0 Å². The molecule has 0 fully saturated rings. The molecule has 2 aromatic rings. The zero-order valence-electron chi connectivity index (χ0n) is 9.86. The van der Waals surface area contributed by atoms with Gasteiger partial charge in [0.05, 0.1) is 12.3 Å². The first-order valence-corrected chi connectivity index (χ1v) is 6.19. The molecule has 94 valence electrons. The molecule has 1 heterocycles. The summed E-state index contributed by atoms with van der Waals surface area (Å²) in [6.45, 7) is 0.414. The average molecular weight is 283 g/mol. The summed E-state index contributed by atoms with van der Waals surface area (Å²) in [5.41, 5.74) is 1.74. The van der Waals surface area contributed by atoms with Crippen molar-refractivity contribution in [1.29, 1.82) is 0 Å². The SMILES string of the molecule is COCc1cc(Cl)nc(Cc2ccccc2Cl)n1. The number of rotatable bonds is 4. The Morgan fingerprint density at radius 2 is 1.94 bits per heavy atom. The van der Waals surface area contributed by atoms with Gasteiger partial charge >= 0.3 is 0 Å². The van der Waals surface area contributed by atoms with Crippen LogP contribution in [-0.4, -0.2) is 17.1 Å². The molecule has 18 heavy (non-hydrogen) atoms. The minimum absolute atomic E-state index is 0.414. The normalized spacial score (nSPS) is 10.6. The second-order valence-corrected chi connectivity index (χ2v) is 4.59. The third kappa shape index (κ3) is 3.42. The summed E-state index contributed by atoms with van der Waals surface area (Å²) in [5.74, 6) is 0.641. The van der Waals surface area contributed by atoms with Crippen LogP contribution in [0.1, 0.15) is 17.1 Å². The van der Waals surface area contributed by atoms with E-state index in [2.05, 4.69) is 9.97 Å². The standard InChI is InChI=1S/C13H12Cl2N2O/c1-18-8-10-7-12(15)17-13(16-10)6-9-4-2-3-5-11(9)14/h2-5,7H,6,8H2,1H3. The predicted octanol–water partition coefficient (Wildman–Crippen LogP) is 3.52. The molecule has 5 heteroatoms. The second-order valence-electron chi connectivity index (χ2n) is 3.80. The monoisotopic (exact) mass is 282 g/mol. The molecular weight excluding hydrogens is 271 g/mol. The van der Waals surface area contributed by atoms with Crippen LogP contribution in [0.15, 0.2) is 30.3 Å². The molecule has 0 aliphatic rings. The van der Waals surface area contributed by atoms with E-state index in [-0.39, 0.29) is 0 Å². The van der Waals surface area contributed by atoms with E-state index in [1.54, 1.807) is 13.2 Å². The van der Waals surface area contributed by atoms with Crippen molar-refractivity contribution in [2.24, 2.45) is 0 Å². The van der Waals surface area contributed by atoms with Gasteiger partial charge in [-0.05, 0) is 17.7 Å². The Hall–Kier alpha value is -1.16. The van der Waals surface area contributed by atoms with Crippen LogP contribution in [0.2, 0.25) is 10.2 Å². The van der Waals surface area contributed by atoms with Gasteiger partial charge in [0.25, 0.3) is 0 Å². The highest BCUT2D eigenvalue weighted by Crippen LogP contribution is 2.18. The van der Waals surface area contributed by atoms with Crippen LogP contribution in [0.3, 0.4) is 0 Å². The van der Waals surface area contributed by atoms with Crippen LogP contribution in [-0.2, 0) is 17.8 Å². The number of benzene rings is 1. The summed E-state index contributed by atoms with van der Waals surface area (Å²) >= 11 is 12.1. The number of nitrogens with zero attached hydrogens (tertiary/aromatic N) is 2. The zero-order chi connectivity index (χ0) is 13.0. The van der Waals surface area contributed by atoms with E-state index in [1.165, 1.54) is 0 Å². The highest BCUT2D eigenvalue weighted by Gasteiger charge is 2.06. The van der Waals surface area contributed by atoms with Crippen LogP contribution in [0, 0.1) is 0 Å². The molecule has 0 amide bonds. The zero-order valence-corrected chi connectivity index (χ0v) is 11.4. The number of hydrogen-bond acceptors (Lipinski definition) is 3. The average Bonchev–Trinajstić information content (AvgIpc) is 2.32. The topological polar surface area (TPSA) is 35.0 Å². The van der Waals surface area contributed by atoms with Crippen molar-refractivity contribution in [2.45, 2.75) is 13.0 Å². The lowest BCUT2D eigenvalue weighted by molar-refractivity contribution is 0.181. The first-order valence-electron chi connectivity index (χ1n) is 5.43. The summed E-state index contributed by atoms with van der Waals surface area (Å²) in [4.78, 5) is 8.57. The van der Waals surface area contributed by atoms with Gasteiger partial charge in [0.2, 0.25) is 0 Å². The molecule has 2 rings (SSSR count). The van der Waals surface area contributed by atoms with E-state index in [1.807, 2.05) is 24.3 Å². The number of hydrogen-bond donors (Lipinski definition) is 0. The van der Waals surface area contributed by atoms with Crippen LogP contribution in [0.5, 0.6) is 0 Å². The Morgan fingerprint density at radius 1 is 1.17 bits per heavy atom. The molecule has 0 spiro atoms. The van der Waals surface area contributed by atoms with Gasteiger partial charge in [0, 0.05) is 18.6 Å². The van der Waals surface area contributed by atoms with Crippen molar-refractivity contribution in [2.75, 3.05) is 7.11 Å². The number of methoxy groups -OCH3 is 1. The van der Waals surface area contributed by atoms with Crippen molar-refractivity contribution in [3.8, 4) is 0 Å². The minimum atomic E-state index is 0.414. The van der Waals surface area contributed by atoms with Crippen molar-refractivity contribution in [1.82, 2.24) is 9.97 Å². The Kier molecular flexibility index (Phi) is 4.53. The third-order valence-electron chi connectivity index (χ3n) is 2.39. The molecule has 1 aromatic carbocycles. The van der Waals surface area contributed by atoms with Crippen molar-refractivity contribution in [3.05, 3.63) is 57.6 Å². The Bertz CT molecular complexity index is 546. The molecule has 0 bridgehead atoms. The maximum absolute atomic E-state index is 6.10. The maximum atomic E-state index is 6.10. The molecule has 0 radical (unpaired) electrons. The maximum Gasteiger partial charge on any atom is 0.134 e. The van der Waals surface area contributed by atoms with Crippen LogP contribution in [0.25, 0.3) is 0 Å². The van der Waals surface area contributed by atoms with E-state index in [4.69, 9.17) is 27.9 Å². The van der Waals surface area contributed by atoms with E-state index in [0.29, 0.717) is 29.0 Å². The lowest BCUT2D eigenvalue weighted by Gasteiger charge is -2.06. The summed E-state index contributed by atoms with van der Waals surface area (Å²) in [6, 6.07) is 9.31. The number of aromatic nitrogens is 2. The Labute approximate surface area is 116 Å². The van der Waals surface area contributed by atoms with E-state index in [9.17, 15) is 0 Å². The molecule has 0 N–H and O–H groups in total. The molecule has 0 aliphatic heterocycles. The molecule has 1 aromatic heterocycles. The summed E-state index contributed by atoms with van der Waals surface area (Å²) in [7, 11) is 1.61. The van der Waals surface area contributed by atoms with Gasteiger partial charge < -0.3 is 4.74 Å². The van der Waals surface area contributed by atoms with Crippen molar-refractivity contribution >= 4 is 23.2 Å². The van der Waals surface area contributed by atoms with Crippen LogP contribution >= 0.6 is 23.2 Å². The van der Waals surface area contributed by atoms with Crippen molar-refractivity contribution < 1.29 is 4.74 Å². The minimum Gasteiger partial charge on any atom is -0.378 e. The largest absolute Gasteiger partial charge is 0.378 e. The summed E-state index contributed by atoms with van der Waals surface area (Å²) < 4.78 is 5.04. The number of ether oxygens (including phenoxy) is 1. The highest BCUT2D eigenvalue weighted by atomic mass is 35.5. The Balaban J connectivity index is 2.26. The number of halogens is 2. The van der Waals surface area contributed by atoms with Gasteiger partial charge in [-0.2, -0.15) is 0 Å². The molecule has 0 aliphatic carbocycles. The quantitative estimate of drug-likeness (QED) is 0.805. The van der Waals surface area contributed by atoms with Crippen molar-refractivity contribution in [3.63, 3.8) is 0 Å².